The summed E-state index contributed by atoms with van der Waals surface area (Å²) in [5.41, 5.74) is 2.57. The molecule has 1 saturated heterocycles. The van der Waals surface area contributed by atoms with Crippen molar-refractivity contribution in [3.63, 3.8) is 0 Å². The van der Waals surface area contributed by atoms with Crippen LogP contribution >= 0.6 is 30.4 Å². The monoisotopic (exact) mass is 438 g/mol. The highest BCUT2D eigenvalue weighted by atomic mass is 32.2. The van der Waals surface area contributed by atoms with E-state index in [4.69, 9.17) is 0 Å². The Labute approximate surface area is 174 Å². The van der Waals surface area contributed by atoms with Crippen molar-refractivity contribution >= 4 is 41.4 Å². The van der Waals surface area contributed by atoms with Crippen LogP contribution in [0.2, 0.25) is 0 Å². The number of rotatable bonds is 6. The lowest BCUT2D eigenvalue weighted by Crippen LogP contribution is -2.41. The fourth-order valence-corrected chi connectivity index (χ4v) is 3.90. The van der Waals surface area contributed by atoms with Crippen LogP contribution in [-0.2, 0) is 16.5 Å². The van der Waals surface area contributed by atoms with Crippen LogP contribution in [0.5, 0.6) is 0 Å². The van der Waals surface area contributed by atoms with Crippen LogP contribution in [0.1, 0.15) is 24.0 Å². The van der Waals surface area contributed by atoms with E-state index in [0.29, 0.717) is 18.7 Å². The highest BCUT2D eigenvalue weighted by Gasteiger charge is 2.21. The molecule has 0 aromatic heterocycles. The molecule has 1 fully saturated rings. The number of amides is 1. The molecular formula is C19H25FN4OP2S. The number of carbonyl (C=O) groups is 1. The van der Waals surface area contributed by atoms with E-state index in [1.807, 2.05) is 30.5 Å². The zero-order valence-electron chi connectivity index (χ0n) is 15.5. The summed E-state index contributed by atoms with van der Waals surface area (Å²) in [6.07, 6.45) is 7.67. The van der Waals surface area contributed by atoms with Crippen molar-refractivity contribution in [1.82, 2.24) is 15.4 Å². The SMILES string of the molecule is O=C(NCC1=CC(=NCc2ccc(C(F)(P)P)cc2)SNC=C1)C1CCCN1. The Morgan fingerprint density at radius 3 is 2.82 bits per heavy atom. The van der Waals surface area contributed by atoms with Gasteiger partial charge in [0, 0.05) is 24.7 Å². The van der Waals surface area contributed by atoms with Crippen LogP contribution in [0.4, 0.5) is 4.39 Å². The van der Waals surface area contributed by atoms with Gasteiger partial charge in [0.1, 0.15) is 5.04 Å². The highest BCUT2D eigenvalue weighted by molar-refractivity contribution is 8.12. The topological polar surface area (TPSA) is 65.5 Å². The lowest BCUT2D eigenvalue weighted by atomic mass is 10.1. The summed E-state index contributed by atoms with van der Waals surface area (Å²) in [5, 5.41) is 5.51. The Morgan fingerprint density at radius 1 is 1.36 bits per heavy atom. The van der Waals surface area contributed by atoms with Crippen molar-refractivity contribution in [2.75, 3.05) is 13.1 Å². The van der Waals surface area contributed by atoms with Gasteiger partial charge in [0.25, 0.3) is 0 Å². The number of hydrogen-bond donors (Lipinski definition) is 3. The fourth-order valence-electron chi connectivity index (χ4n) is 2.92. The number of nitrogens with zero attached hydrogens (tertiary/aromatic N) is 1. The quantitative estimate of drug-likeness (QED) is 0.472. The second-order valence-corrected chi connectivity index (χ2v) is 9.96. The van der Waals surface area contributed by atoms with E-state index < -0.39 is 5.15 Å². The van der Waals surface area contributed by atoms with Crippen molar-refractivity contribution in [3.8, 4) is 0 Å². The molecular weight excluding hydrogens is 413 g/mol. The number of nitrogens with one attached hydrogen (secondary N) is 3. The zero-order chi connectivity index (χ0) is 20.0. The number of hydrogen-bond acceptors (Lipinski definition) is 5. The molecule has 0 aliphatic carbocycles. The van der Waals surface area contributed by atoms with Gasteiger partial charge >= 0.3 is 0 Å². The number of halogens is 1. The molecule has 2 aliphatic heterocycles. The third-order valence-electron chi connectivity index (χ3n) is 4.50. The number of carbonyl (C=O) groups excluding carboxylic acids is 1. The summed E-state index contributed by atoms with van der Waals surface area (Å²) < 4.78 is 17.0. The molecule has 3 rings (SSSR count). The Balaban J connectivity index is 1.59. The van der Waals surface area contributed by atoms with E-state index in [0.717, 1.165) is 35.6 Å². The van der Waals surface area contributed by atoms with Crippen LogP contribution < -0.4 is 15.4 Å². The first-order valence-corrected chi connectivity index (χ1v) is 11.1. The standard InChI is InChI=1S/C19H25FN4OP2S/c20-19(26,27)15-5-3-13(4-6-15)11-22-17-10-14(7-9-24-28-17)12-23-18(25)16-2-1-8-21-16/h3-7,9-10,16,21,24H,1-2,8,11-12,26-27H2,(H,23,25). The Kier molecular flexibility index (Phi) is 7.64. The molecule has 1 aromatic carbocycles. The molecule has 2 aliphatic rings. The van der Waals surface area contributed by atoms with Gasteiger partial charge in [0.05, 0.1) is 12.6 Å². The molecule has 0 radical (unpaired) electrons. The second kappa shape index (κ2) is 9.98. The van der Waals surface area contributed by atoms with Gasteiger partial charge in [-0.05, 0) is 48.2 Å². The van der Waals surface area contributed by atoms with Crippen molar-refractivity contribution in [2.24, 2.45) is 4.99 Å². The van der Waals surface area contributed by atoms with E-state index in [2.05, 4.69) is 38.8 Å². The van der Waals surface area contributed by atoms with Gasteiger partial charge in [-0.15, -0.1) is 0 Å². The van der Waals surface area contributed by atoms with Gasteiger partial charge in [-0.25, -0.2) is 4.39 Å². The van der Waals surface area contributed by atoms with Crippen LogP contribution in [0, 0.1) is 0 Å². The summed E-state index contributed by atoms with van der Waals surface area (Å²) in [4.78, 5) is 16.8. The molecule has 0 saturated carbocycles. The smallest absolute Gasteiger partial charge is 0.237 e. The van der Waals surface area contributed by atoms with Gasteiger partial charge in [-0.1, -0.05) is 42.7 Å². The third-order valence-corrected chi connectivity index (χ3v) is 5.87. The lowest BCUT2D eigenvalue weighted by Gasteiger charge is -2.14. The van der Waals surface area contributed by atoms with Crippen molar-refractivity contribution in [1.29, 1.82) is 0 Å². The lowest BCUT2D eigenvalue weighted by molar-refractivity contribution is -0.122. The van der Waals surface area contributed by atoms with E-state index in [-0.39, 0.29) is 11.9 Å². The molecule has 3 unspecified atom stereocenters. The molecule has 9 heteroatoms. The molecule has 0 spiro atoms. The van der Waals surface area contributed by atoms with Crippen LogP contribution in [-0.4, -0.2) is 30.1 Å². The minimum absolute atomic E-state index is 0.0438. The van der Waals surface area contributed by atoms with Gasteiger partial charge < -0.3 is 15.4 Å². The number of aliphatic imine (C=N–C) groups is 1. The first-order chi connectivity index (χ1) is 13.4. The average molecular weight is 438 g/mol. The Morgan fingerprint density at radius 2 is 2.14 bits per heavy atom. The first kappa shape index (κ1) is 21.4. The molecule has 1 aromatic rings. The van der Waals surface area contributed by atoms with Crippen molar-refractivity contribution in [3.05, 3.63) is 59.3 Å². The van der Waals surface area contributed by atoms with Crippen molar-refractivity contribution in [2.45, 2.75) is 30.6 Å². The summed E-state index contributed by atoms with van der Waals surface area (Å²) in [5.74, 6) is 0.0438. The summed E-state index contributed by atoms with van der Waals surface area (Å²) in [6.45, 7) is 1.86. The molecule has 0 bridgehead atoms. The Hall–Kier alpha value is -1.26. The maximum absolute atomic E-state index is 13.9. The molecule has 3 atom stereocenters. The largest absolute Gasteiger partial charge is 0.351 e. The summed E-state index contributed by atoms with van der Waals surface area (Å²) in [7, 11) is 4.34. The predicted octanol–water partition coefficient (Wildman–Crippen LogP) is 2.97. The van der Waals surface area contributed by atoms with Crippen LogP contribution in [0.25, 0.3) is 0 Å². The van der Waals surface area contributed by atoms with E-state index in [9.17, 15) is 9.18 Å². The van der Waals surface area contributed by atoms with Crippen molar-refractivity contribution < 1.29 is 9.18 Å². The maximum Gasteiger partial charge on any atom is 0.237 e. The summed E-state index contributed by atoms with van der Waals surface area (Å²) in [6, 6.07) is 7.22. The molecule has 1 amide bonds. The number of benzene rings is 1. The van der Waals surface area contributed by atoms with Crippen LogP contribution in [0.15, 0.2) is 53.2 Å². The highest BCUT2D eigenvalue weighted by Crippen LogP contribution is 2.39. The fraction of sp³-hybridized carbons (Fsp3) is 0.368. The van der Waals surface area contributed by atoms with E-state index >= 15 is 0 Å². The minimum atomic E-state index is -1.51. The van der Waals surface area contributed by atoms with Crippen LogP contribution in [0.3, 0.4) is 0 Å². The van der Waals surface area contributed by atoms with Gasteiger partial charge in [0.2, 0.25) is 5.91 Å². The second-order valence-electron chi connectivity index (χ2n) is 6.76. The van der Waals surface area contributed by atoms with Gasteiger partial charge in [-0.3, -0.25) is 9.79 Å². The van der Waals surface area contributed by atoms with Gasteiger partial charge in [-0.2, -0.15) is 0 Å². The molecule has 150 valence electrons. The molecule has 28 heavy (non-hydrogen) atoms. The van der Waals surface area contributed by atoms with E-state index in [1.54, 1.807) is 12.1 Å². The Bertz CT molecular complexity index is 784. The van der Waals surface area contributed by atoms with E-state index in [1.165, 1.54) is 11.9 Å². The maximum atomic E-state index is 13.9. The summed E-state index contributed by atoms with van der Waals surface area (Å²) >= 11 is 1.42. The first-order valence-electron chi connectivity index (χ1n) is 9.13. The minimum Gasteiger partial charge on any atom is -0.351 e. The number of alkyl halides is 1. The molecule has 5 nitrogen and oxygen atoms in total. The molecule has 2 heterocycles. The molecule has 3 N–H and O–H groups in total. The predicted molar refractivity (Wildman–Crippen MR) is 122 cm³/mol. The third kappa shape index (κ3) is 6.38. The van der Waals surface area contributed by atoms with Gasteiger partial charge in [0.15, 0.2) is 5.15 Å². The average Bonchev–Trinajstić information content (AvgIpc) is 3.11. The zero-order valence-corrected chi connectivity index (χ0v) is 18.6. The normalized spacial score (nSPS) is 21.2.